The van der Waals surface area contributed by atoms with Gasteiger partial charge in [0.15, 0.2) is 0 Å². The lowest BCUT2D eigenvalue weighted by atomic mass is 10.2. The van der Waals surface area contributed by atoms with E-state index in [1.54, 1.807) is 30.3 Å². The second-order valence-corrected chi connectivity index (χ2v) is 5.33. The molecule has 0 heterocycles. The molecule has 0 radical (unpaired) electrons. The van der Waals surface area contributed by atoms with Crippen molar-refractivity contribution >= 4 is 23.4 Å². The number of hydrogen-bond donors (Lipinski definition) is 5. The van der Waals surface area contributed by atoms with Gasteiger partial charge in [-0.2, -0.15) is 0 Å². The number of rotatable bonds is 7. The van der Waals surface area contributed by atoms with Crippen molar-refractivity contribution in [2.24, 2.45) is 0 Å². The van der Waals surface area contributed by atoms with Gasteiger partial charge in [0.2, 0.25) is 0 Å². The first kappa shape index (κ1) is 18.3. The molecule has 0 atom stereocenters. The summed E-state index contributed by atoms with van der Waals surface area (Å²) in [6, 6.07) is 15.7. The Balaban J connectivity index is 1.82. The first-order valence-electron chi connectivity index (χ1n) is 8.02. The van der Waals surface area contributed by atoms with Crippen LogP contribution in [0, 0.1) is 0 Å². The number of hydrogen-bond acceptors (Lipinski definition) is 3. The lowest BCUT2D eigenvalue weighted by Gasteiger charge is -2.10. The molecule has 7 nitrogen and oxygen atoms in total. The van der Waals surface area contributed by atoms with Crippen LogP contribution in [-0.2, 0) is 6.54 Å². The standard InChI is InChI=1S/C18H22N4O3/c23-11-5-10-19-17(24)20-13-14-6-4-9-16(12-14)22-18(25)21-15-7-2-1-3-8-15/h1-4,6-9,12,23H,5,10-11,13H2,(H2,19,20,24)(H2,21,22,25). The van der Waals surface area contributed by atoms with Crippen molar-refractivity contribution in [2.45, 2.75) is 13.0 Å². The van der Waals surface area contributed by atoms with E-state index in [1.807, 2.05) is 24.3 Å². The number of carbonyl (C=O) groups excluding carboxylic acids is 2. The van der Waals surface area contributed by atoms with Crippen LogP contribution < -0.4 is 21.3 Å². The Labute approximate surface area is 146 Å². The van der Waals surface area contributed by atoms with E-state index in [1.165, 1.54) is 0 Å². The van der Waals surface area contributed by atoms with Gasteiger partial charge in [-0.05, 0) is 36.2 Å². The molecule has 0 saturated heterocycles. The van der Waals surface area contributed by atoms with Crippen LogP contribution in [0.25, 0.3) is 0 Å². The predicted octanol–water partition coefficient (Wildman–Crippen LogP) is 2.51. The van der Waals surface area contributed by atoms with E-state index in [-0.39, 0.29) is 18.7 Å². The van der Waals surface area contributed by atoms with Gasteiger partial charge in [-0.15, -0.1) is 0 Å². The molecule has 0 aromatic heterocycles. The molecule has 0 unspecified atom stereocenters. The second-order valence-electron chi connectivity index (χ2n) is 5.33. The number of carbonyl (C=O) groups is 2. The van der Waals surface area contributed by atoms with Gasteiger partial charge >= 0.3 is 12.1 Å². The van der Waals surface area contributed by atoms with Gasteiger partial charge in [-0.25, -0.2) is 9.59 Å². The zero-order chi connectivity index (χ0) is 17.9. The Morgan fingerprint density at radius 3 is 2.32 bits per heavy atom. The largest absolute Gasteiger partial charge is 0.396 e. The minimum absolute atomic E-state index is 0.0407. The zero-order valence-corrected chi connectivity index (χ0v) is 13.8. The highest BCUT2D eigenvalue weighted by atomic mass is 16.3. The van der Waals surface area contributed by atoms with Crippen LogP contribution in [0.3, 0.4) is 0 Å². The number of nitrogens with one attached hydrogen (secondary N) is 4. The van der Waals surface area contributed by atoms with Crippen LogP contribution in [0.5, 0.6) is 0 Å². The number of aliphatic hydroxyl groups is 1. The molecule has 0 spiro atoms. The molecule has 132 valence electrons. The van der Waals surface area contributed by atoms with E-state index in [9.17, 15) is 9.59 Å². The van der Waals surface area contributed by atoms with Gasteiger partial charge in [0, 0.05) is 31.1 Å². The molecule has 2 aromatic carbocycles. The summed E-state index contributed by atoms with van der Waals surface area (Å²) in [4.78, 5) is 23.6. The van der Waals surface area contributed by atoms with Crippen LogP contribution in [0.1, 0.15) is 12.0 Å². The minimum Gasteiger partial charge on any atom is -0.396 e. The van der Waals surface area contributed by atoms with E-state index in [0.717, 1.165) is 5.56 Å². The summed E-state index contributed by atoms with van der Waals surface area (Å²) in [7, 11) is 0. The molecule has 4 amide bonds. The van der Waals surface area contributed by atoms with E-state index >= 15 is 0 Å². The highest BCUT2D eigenvalue weighted by Gasteiger charge is 2.04. The van der Waals surface area contributed by atoms with Gasteiger partial charge in [0.1, 0.15) is 0 Å². The molecule has 0 bridgehead atoms. The average Bonchev–Trinajstić information content (AvgIpc) is 2.61. The Morgan fingerprint density at radius 1 is 0.840 bits per heavy atom. The molecular weight excluding hydrogens is 320 g/mol. The third kappa shape index (κ3) is 6.92. The Morgan fingerprint density at radius 2 is 1.56 bits per heavy atom. The van der Waals surface area contributed by atoms with Gasteiger partial charge in [-0.3, -0.25) is 0 Å². The minimum atomic E-state index is -0.335. The van der Waals surface area contributed by atoms with Gasteiger partial charge in [0.25, 0.3) is 0 Å². The fourth-order valence-corrected chi connectivity index (χ4v) is 2.10. The maximum absolute atomic E-state index is 12.0. The molecule has 0 aliphatic rings. The molecular formula is C18H22N4O3. The average molecular weight is 342 g/mol. The van der Waals surface area contributed by atoms with Crippen LogP contribution in [0.15, 0.2) is 54.6 Å². The summed E-state index contributed by atoms with van der Waals surface area (Å²) < 4.78 is 0. The fourth-order valence-electron chi connectivity index (χ4n) is 2.10. The molecule has 2 aromatic rings. The monoisotopic (exact) mass is 342 g/mol. The second kappa shape index (κ2) is 9.94. The third-order valence-electron chi connectivity index (χ3n) is 3.29. The normalized spacial score (nSPS) is 9.96. The molecule has 2 rings (SSSR count). The van der Waals surface area contributed by atoms with Crippen molar-refractivity contribution < 1.29 is 14.7 Å². The number of para-hydroxylation sites is 1. The summed E-state index contributed by atoms with van der Waals surface area (Å²) in [6.07, 6.45) is 0.517. The molecule has 0 aliphatic carbocycles. The lowest BCUT2D eigenvalue weighted by Crippen LogP contribution is -2.35. The zero-order valence-electron chi connectivity index (χ0n) is 13.8. The van der Waals surface area contributed by atoms with Gasteiger partial charge in [0.05, 0.1) is 0 Å². The van der Waals surface area contributed by atoms with Crippen LogP contribution in [-0.4, -0.2) is 30.3 Å². The molecule has 25 heavy (non-hydrogen) atoms. The van der Waals surface area contributed by atoms with E-state index in [2.05, 4.69) is 21.3 Å². The maximum Gasteiger partial charge on any atom is 0.323 e. The van der Waals surface area contributed by atoms with Crippen molar-refractivity contribution in [1.82, 2.24) is 10.6 Å². The van der Waals surface area contributed by atoms with Crippen LogP contribution >= 0.6 is 0 Å². The van der Waals surface area contributed by atoms with E-state index < -0.39 is 0 Å². The first-order valence-corrected chi connectivity index (χ1v) is 8.02. The van der Waals surface area contributed by atoms with Crippen LogP contribution in [0.4, 0.5) is 21.0 Å². The molecule has 5 N–H and O–H groups in total. The SMILES string of the molecule is O=C(NCCCO)NCc1cccc(NC(=O)Nc2ccccc2)c1. The Hall–Kier alpha value is -3.06. The Kier molecular flexibility index (Phi) is 7.27. The molecule has 0 saturated carbocycles. The predicted molar refractivity (Wildman–Crippen MR) is 97.5 cm³/mol. The number of benzene rings is 2. The summed E-state index contributed by atoms with van der Waals surface area (Å²) in [5.41, 5.74) is 2.20. The van der Waals surface area contributed by atoms with E-state index in [0.29, 0.717) is 30.9 Å². The first-order chi connectivity index (χ1) is 12.2. The number of aliphatic hydroxyl groups excluding tert-OH is 1. The number of amides is 4. The number of anilines is 2. The maximum atomic E-state index is 12.0. The summed E-state index contributed by atoms with van der Waals surface area (Å²) in [5.74, 6) is 0. The lowest BCUT2D eigenvalue weighted by molar-refractivity contribution is 0.237. The van der Waals surface area contributed by atoms with E-state index in [4.69, 9.17) is 5.11 Å². The third-order valence-corrected chi connectivity index (χ3v) is 3.29. The van der Waals surface area contributed by atoms with Crippen LogP contribution in [0.2, 0.25) is 0 Å². The van der Waals surface area contributed by atoms with Gasteiger partial charge in [-0.1, -0.05) is 30.3 Å². The summed E-state index contributed by atoms with van der Waals surface area (Å²) in [6.45, 7) is 0.795. The van der Waals surface area contributed by atoms with Crippen molar-refractivity contribution in [1.29, 1.82) is 0 Å². The quantitative estimate of drug-likeness (QED) is 0.500. The highest BCUT2D eigenvalue weighted by molar-refractivity contribution is 5.99. The Bertz CT molecular complexity index is 692. The fraction of sp³-hybridized carbons (Fsp3) is 0.222. The molecule has 7 heteroatoms. The topological polar surface area (TPSA) is 102 Å². The van der Waals surface area contributed by atoms with Gasteiger partial charge < -0.3 is 26.4 Å². The number of urea groups is 2. The molecule has 0 fully saturated rings. The van der Waals surface area contributed by atoms with Crippen molar-refractivity contribution in [3.8, 4) is 0 Å². The summed E-state index contributed by atoms with van der Waals surface area (Å²) in [5, 5.41) is 19.5. The van der Waals surface area contributed by atoms with Crippen molar-refractivity contribution in [3.05, 3.63) is 60.2 Å². The van der Waals surface area contributed by atoms with Crippen molar-refractivity contribution in [2.75, 3.05) is 23.8 Å². The summed E-state index contributed by atoms with van der Waals surface area (Å²) >= 11 is 0. The van der Waals surface area contributed by atoms with Crippen molar-refractivity contribution in [3.63, 3.8) is 0 Å². The highest BCUT2D eigenvalue weighted by Crippen LogP contribution is 2.12. The molecule has 0 aliphatic heterocycles. The smallest absolute Gasteiger partial charge is 0.323 e.